The molecule has 0 saturated carbocycles. The van der Waals surface area contributed by atoms with Gasteiger partial charge in [0.05, 0.1) is 5.56 Å². The van der Waals surface area contributed by atoms with Crippen molar-refractivity contribution in [2.75, 3.05) is 6.54 Å². The van der Waals surface area contributed by atoms with E-state index in [1.54, 1.807) is 35.0 Å². The van der Waals surface area contributed by atoms with Crippen molar-refractivity contribution >= 4 is 18.0 Å². The van der Waals surface area contributed by atoms with E-state index in [1.165, 1.54) is 23.8 Å². The van der Waals surface area contributed by atoms with Crippen LogP contribution < -0.4 is 5.32 Å². The van der Waals surface area contributed by atoms with Gasteiger partial charge in [0, 0.05) is 24.1 Å². The second-order valence-electron chi connectivity index (χ2n) is 6.67. The van der Waals surface area contributed by atoms with Gasteiger partial charge in [-0.15, -0.1) is 0 Å². The third-order valence-electron chi connectivity index (χ3n) is 4.58. The first-order valence-electron chi connectivity index (χ1n) is 9.53. The van der Waals surface area contributed by atoms with E-state index in [0.29, 0.717) is 17.9 Å². The molecule has 1 amide bonds. The van der Waals surface area contributed by atoms with Crippen molar-refractivity contribution in [3.8, 4) is 11.8 Å². The number of nitrogens with one attached hydrogen (secondary N) is 1. The second-order valence-corrected chi connectivity index (χ2v) is 6.67. The lowest BCUT2D eigenvalue weighted by Crippen LogP contribution is -2.26. The maximum Gasteiger partial charge on any atom is 0.335 e. The molecule has 0 atom stereocenters. The number of hydrogen-bond acceptors (Lipinski definition) is 3. The average molecular weight is 399 g/mol. The Morgan fingerprint density at radius 3 is 2.60 bits per heavy atom. The highest BCUT2D eigenvalue weighted by Gasteiger charge is 2.11. The summed E-state index contributed by atoms with van der Waals surface area (Å²) in [5.41, 5.74) is 2.58. The largest absolute Gasteiger partial charge is 0.478 e. The highest BCUT2D eigenvalue weighted by Crippen LogP contribution is 2.17. The molecule has 6 nitrogen and oxygen atoms in total. The van der Waals surface area contributed by atoms with Gasteiger partial charge in [0.1, 0.15) is 11.6 Å². The van der Waals surface area contributed by atoms with E-state index >= 15 is 0 Å². The number of aromatic carboxylic acids is 1. The Morgan fingerprint density at radius 2 is 1.87 bits per heavy atom. The molecule has 0 fully saturated rings. The SMILES string of the molecule is N#C/C(=C/c1cccn1-c1cccc(C(=O)O)c1)C(=O)NCCCc1ccccc1. The average Bonchev–Trinajstić information content (AvgIpc) is 3.24. The Kier molecular flexibility index (Phi) is 6.80. The number of carbonyl (C=O) groups excluding carboxylic acids is 1. The molecule has 0 saturated heterocycles. The van der Waals surface area contributed by atoms with E-state index in [1.807, 2.05) is 36.4 Å². The molecule has 2 N–H and O–H groups in total. The van der Waals surface area contributed by atoms with Crippen LogP contribution >= 0.6 is 0 Å². The van der Waals surface area contributed by atoms with Gasteiger partial charge in [-0.05, 0) is 54.8 Å². The van der Waals surface area contributed by atoms with Crippen molar-refractivity contribution < 1.29 is 14.7 Å². The number of nitrogens with zero attached hydrogens (tertiary/aromatic N) is 2. The van der Waals surface area contributed by atoms with Crippen LogP contribution in [-0.4, -0.2) is 28.1 Å². The molecule has 0 bridgehead atoms. The van der Waals surface area contributed by atoms with Crippen molar-refractivity contribution in [3.05, 3.63) is 95.3 Å². The smallest absolute Gasteiger partial charge is 0.335 e. The third-order valence-corrected chi connectivity index (χ3v) is 4.58. The number of aromatic nitrogens is 1. The van der Waals surface area contributed by atoms with Gasteiger partial charge in [-0.1, -0.05) is 36.4 Å². The number of carboxylic acids is 1. The Morgan fingerprint density at radius 1 is 1.07 bits per heavy atom. The molecule has 150 valence electrons. The van der Waals surface area contributed by atoms with E-state index in [9.17, 15) is 20.0 Å². The predicted octanol–water partition coefficient (Wildman–Crippen LogP) is 3.83. The van der Waals surface area contributed by atoms with E-state index < -0.39 is 11.9 Å². The summed E-state index contributed by atoms with van der Waals surface area (Å²) < 4.78 is 1.73. The van der Waals surface area contributed by atoms with Crippen LogP contribution in [0.4, 0.5) is 0 Å². The Balaban J connectivity index is 1.68. The minimum Gasteiger partial charge on any atom is -0.478 e. The molecule has 0 aliphatic carbocycles. The zero-order valence-corrected chi connectivity index (χ0v) is 16.3. The number of carboxylic acid groups (broad SMARTS) is 1. The lowest BCUT2D eigenvalue weighted by atomic mass is 10.1. The van der Waals surface area contributed by atoms with Crippen molar-refractivity contribution in [2.45, 2.75) is 12.8 Å². The van der Waals surface area contributed by atoms with Gasteiger partial charge in [0.25, 0.3) is 5.91 Å². The monoisotopic (exact) mass is 399 g/mol. The number of hydrogen-bond donors (Lipinski definition) is 2. The van der Waals surface area contributed by atoms with Crippen LogP contribution in [-0.2, 0) is 11.2 Å². The van der Waals surface area contributed by atoms with Crippen molar-refractivity contribution in [2.24, 2.45) is 0 Å². The highest BCUT2D eigenvalue weighted by molar-refractivity contribution is 6.01. The van der Waals surface area contributed by atoms with Gasteiger partial charge in [-0.25, -0.2) is 4.79 Å². The summed E-state index contributed by atoms with van der Waals surface area (Å²) >= 11 is 0. The lowest BCUT2D eigenvalue weighted by molar-refractivity contribution is -0.117. The fourth-order valence-electron chi connectivity index (χ4n) is 3.07. The Bertz CT molecular complexity index is 1110. The molecule has 3 rings (SSSR count). The Hall–Kier alpha value is -4.11. The van der Waals surface area contributed by atoms with Gasteiger partial charge in [0.2, 0.25) is 0 Å². The second kappa shape index (κ2) is 9.89. The zero-order chi connectivity index (χ0) is 21.3. The summed E-state index contributed by atoms with van der Waals surface area (Å²) in [7, 11) is 0. The van der Waals surface area contributed by atoms with Gasteiger partial charge < -0.3 is 15.0 Å². The summed E-state index contributed by atoms with van der Waals surface area (Å²) in [6.45, 7) is 0.467. The van der Waals surface area contributed by atoms with E-state index in [2.05, 4.69) is 5.32 Å². The minimum atomic E-state index is -1.02. The molecule has 0 aliphatic heterocycles. The van der Waals surface area contributed by atoms with Crippen LogP contribution in [0.1, 0.15) is 28.0 Å². The van der Waals surface area contributed by atoms with Crippen molar-refractivity contribution in [1.82, 2.24) is 9.88 Å². The van der Waals surface area contributed by atoms with Gasteiger partial charge in [0.15, 0.2) is 0 Å². The first-order valence-corrected chi connectivity index (χ1v) is 9.53. The van der Waals surface area contributed by atoms with Crippen LogP contribution in [0, 0.1) is 11.3 Å². The fourth-order valence-corrected chi connectivity index (χ4v) is 3.07. The van der Waals surface area contributed by atoms with Crippen LogP contribution in [0.25, 0.3) is 11.8 Å². The number of rotatable bonds is 8. The van der Waals surface area contributed by atoms with Gasteiger partial charge in [-0.2, -0.15) is 5.26 Å². The van der Waals surface area contributed by atoms with E-state index in [4.69, 9.17) is 0 Å². The molecule has 1 heterocycles. The Labute approximate surface area is 174 Å². The molecule has 0 radical (unpaired) electrons. The van der Waals surface area contributed by atoms with Crippen molar-refractivity contribution in [1.29, 1.82) is 5.26 Å². The molecule has 0 spiro atoms. The number of carbonyl (C=O) groups is 2. The van der Waals surface area contributed by atoms with Gasteiger partial charge >= 0.3 is 5.97 Å². The molecule has 30 heavy (non-hydrogen) atoms. The lowest BCUT2D eigenvalue weighted by Gasteiger charge is -2.08. The number of amides is 1. The summed E-state index contributed by atoms with van der Waals surface area (Å²) in [6, 6.07) is 21.9. The molecule has 0 aliphatic rings. The zero-order valence-electron chi connectivity index (χ0n) is 16.3. The molecular formula is C24H21N3O3. The maximum absolute atomic E-state index is 12.4. The minimum absolute atomic E-state index is 0.0101. The molecule has 0 unspecified atom stereocenters. The number of benzene rings is 2. The molecule has 1 aromatic heterocycles. The molecule has 2 aromatic carbocycles. The van der Waals surface area contributed by atoms with Crippen LogP contribution in [0.15, 0.2) is 78.5 Å². The predicted molar refractivity (Wildman–Crippen MR) is 114 cm³/mol. The summed E-state index contributed by atoms with van der Waals surface area (Å²) in [6.07, 6.45) is 4.86. The molecule has 6 heteroatoms. The quantitative estimate of drug-likeness (QED) is 0.342. The number of aryl methyl sites for hydroxylation is 1. The van der Waals surface area contributed by atoms with Crippen molar-refractivity contribution in [3.63, 3.8) is 0 Å². The standard InChI is InChI=1S/C24H21N3O3/c25-17-20(23(28)26-13-5-9-18-7-2-1-3-8-18)16-22-12-6-14-27(22)21-11-4-10-19(15-21)24(29)30/h1-4,6-8,10-12,14-16H,5,9,13H2,(H,26,28)(H,29,30)/b20-16-. The molecular weight excluding hydrogens is 378 g/mol. The summed E-state index contributed by atoms with van der Waals surface area (Å²) in [5, 5.41) is 21.4. The summed E-state index contributed by atoms with van der Waals surface area (Å²) in [5.74, 6) is -1.45. The first kappa shape index (κ1) is 20.6. The van der Waals surface area contributed by atoms with E-state index in [0.717, 1.165) is 12.8 Å². The molecule has 3 aromatic rings. The third kappa shape index (κ3) is 5.24. The van der Waals surface area contributed by atoms with Crippen LogP contribution in [0.3, 0.4) is 0 Å². The van der Waals surface area contributed by atoms with Crippen LogP contribution in [0.5, 0.6) is 0 Å². The highest BCUT2D eigenvalue weighted by atomic mass is 16.4. The topological polar surface area (TPSA) is 95.1 Å². The van der Waals surface area contributed by atoms with Crippen LogP contribution in [0.2, 0.25) is 0 Å². The van der Waals surface area contributed by atoms with E-state index in [-0.39, 0.29) is 11.1 Å². The number of nitriles is 1. The van der Waals surface area contributed by atoms with Gasteiger partial charge in [-0.3, -0.25) is 4.79 Å². The first-order chi connectivity index (χ1) is 14.6. The normalized spacial score (nSPS) is 11.0. The maximum atomic E-state index is 12.4. The summed E-state index contributed by atoms with van der Waals surface area (Å²) in [4.78, 5) is 23.6. The fraction of sp³-hybridized carbons (Fsp3) is 0.125.